The van der Waals surface area contributed by atoms with Crippen molar-refractivity contribution >= 4 is 21.4 Å². The molecule has 1 aromatic carbocycles. The van der Waals surface area contributed by atoms with Gasteiger partial charge in [0.1, 0.15) is 5.82 Å². The molecule has 2 nitrogen and oxygen atoms in total. The Hall–Kier alpha value is -1.23. The van der Waals surface area contributed by atoms with Crippen molar-refractivity contribution in [2.24, 2.45) is 0 Å². The maximum Gasteiger partial charge on any atom is 0.132 e. The normalized spacial score (nSPS) is 14.8. The number of thiophene rings is 1. The van der Waals surface area contributed by atoms with Crippen molar-refractivity contribution in [3.8, 4) is 0 Å². The molecule has 20 heavy (non-hydrogen) atoms. The van der Waals surface area contributed by atoms with Crippen LogP contribution in [0.5, 0.6) is 0 Å². The van der Waals surface area contributed by atoms with Crippen molar-refractivity contribution in [3.63, 3.8) is 0 Å². The standard InChI is InChI=1S/C16H18FNOS/c1-2-8-19-10-12-15(9-18-11-6-7-11)20-14-5-3-4-13(17)16(12)14/h2-5,11,18H,1,6-10H2. The van der Waals surface area contributed by atoms with E-state index in [2.05, 4.69) is 11.9 Å². The number of benzene rings is 1. The van der Waals surface area contributed by atoms with Gasteiger partial charge in [-0.3, -0.25) is 0 Å². The molecule has 1 saturated carbocycles. The molecule has 106 valence electrons. The van der Waals surface area contributed by atoms with Crippen LogP contribution in [0.15, 0.2) is 30.9 Å². The molecule has 3 rings (SSSR count). The average molecular weight is 291 g/mol. The van der Waals surface area contributed by atoms with Crippen molar-refractivity contribution in [2.75, 3.05) is 6.61 Å². The van der Waals surface area contributed by atoms with Crippen LogP contribution in [0, 0.1) is 5.82 Å². The Labute approximate surface area is 122 Å². The van der Waals surface area contributed by atoms with Gasteiger partial charge in [-0.2, -0.15) is 0 Å². The van der Waals surface area contributed by atoms with E-state index >= 15 is 0 Å². The number of fused-ring (bicyclic) bond motifs is 1. The summed E-state index contributed by atoms with van der Waals surface area (Å²) in [7, 11) is 0. The van der Waals surface area contributed by atoms with Crippen LogP contribution in [0.2, 0.25) is 0 Å². The van der Waals surface area contributed by atoms with E-state index in [0.29, 0.717) is 24.6 Å². The van der Waals surface area contributed by atoms with Crippen LogP contribution in [0.1, 0.15) is 23.3 Å². The summed E-state index contributed by atoms with van der Waals surface area (Å²) in [5.41, 5.74) is 0.984. The van der Waals surface area contributed by atoms with Crippen molar-refractivity contribution in [3.05, 3.63) is 47.1 Å². The first-order valence-electron chi connectivity index (χ1n) is 6.90. The summed E-state index contributed by atoms with van der Waals surface area (Å²) in [5.74, 6) is -0.159. The first kappa shape index (κ1) is 13.7. The predicted octanol–water partition coefficient (Wildman–Crippen LogP) is 4.00. The molecule has 1 fully saturated rings. The van der Waals surface area contributed by atoms with E-state index in [0.717, 1.165) is 16.8 Å². The Morgan fingerprint density at radius 3 is 3.05 bits per heavy atom. The summed E-state index contributed by atoms with van der Waals surface area (Å²) in [5, 5.41) is 4.21. The minimum atomic E-state index is -0.159. The lowest BCUT2D eigenvalue weighted by molar-refractivity contribution is 0.149. The third-order valence-corrected chi connectivity index (χ3v) is 4.65. The van der Waals surface area contributed by atoms with Crippen molar-refractivity contribution < 1.29 is 9.13 Å². The molecule has 0 atom stereocenters. The lowest BCUT2D eigenvalue weighted by Crippen LogP contribution is -2.15. The number of ether oxygens (including phenoxy) is 1. The summed E-state index contributed by atoms with van der Waals surface area (Å²) in [4.78, 5) is 1.18. The van der Waals surface area contributed by atoms with Gasteiger partial charge in [0.05, 0.1) is 13.2 Å². The van der Waals surface area contributed by atoms with Crippen LogP contribution in [0.4, 0.5) is 4.39 Å². The SMILES string of the molecule is C=CCOCc1c(CNC2CC2)sc2cccc(F)c12. The number of hydrogen-bond donors (Lipinski definition) is 1. The highest BCUT2D eigenvalue weighted by Gasteiger charge is 2.22. The third-order valence-electron chi connectivity index (χ3n) is 3.46. The molecule has 0 bridgehead atoms. The van der Waals surface area contributed by atoms with Gasteiger partial charge >= 0.3 is 0 Å². The minimum Gasteiger partial charge on any atom is -0.373 e. The highest BCUT2D eigenvalue weighted by molar-refractivity contribution is 7.19. The molecule has 0 amide bonds. The monoisotopic (exact) mass is 291 g/mol. The molecule has 1 heterocycles. The highest BCUT2D eigenvalue weighted by atomic mass is 32.1. The van der Waals surface area contributed by atoms with E-state index < -0.39 is 0 Å². The number of halogens is 1. The lowest BCUT2D eigenvalue weighted by atomic mass is 10.1. The van der Waals surface area contributed by atoms with Gasteiger partial charge in [0.25, 0.3) is 0 Å². The Bertz CT molecular complexity index is 618. The Morgan fingerprint density at radius 2 is 2.30 bits per heavy atom. The second-order valence-corrected chi connectivity index (χ2v) is 6.21. The summed E-state index contributed by atoms with van der Waals surface area (Å²) >= 11 is 1.66. The van der Waals surface area contributed by atoms with E-state index in [1.807, 2.05) is 6.07 Å². The van der Waals surface area contributed by atoms with Gasteiger partial charge in [-0.15, -0.1) is 17.9 Å². The van der Waals surface area contributed by atoms with Crippen LogP contribution in [0.3, 0.4) is 0 Å². The second-order valence-electron chi connectivity index (χ2n) is 5.08. The molecule has 1 aliphatic rings. The smallest absolute Gasteiger partial charge is 0.132 e. The molecule has 1 aromatic heterocycles. The number of nitrogens with one attached hydrogen (secondary N) is 1. The summed E-state index contributed by atoms with van der Waals surface area (Å²) in [6.07, 6.45) is 4.22. The zero-order valence-electron chi connectivity index (χ0n) is 11.3. The van der Waals surface area contributed by atoms with Gasteiger partial charge in [0, 0.05) is 33.1 Å². The first-order chi connectivity index (χ1) is 9.79. The second kappa shape index (κ2) is 6.04. The minimum absolute atomic E-state index is 0.159. The van der Waals surface area contributed by atoms with Crippen LogP contribution >= 0.6 is 11.3 Å². The Morgan fingerprint density at radius 1 is 1.45 bits per heavy atom. The molecule has 4 heteroatoms. The highest BCUT2D eigenvalue weighted by Crippen LogP contribution is 2.34. The first-order valence-corrected chi connectivity index (χ1v) is 7.72. The fourth-order valence-corrected chi connectivity index (χ4v) is 3.45. The molecule has 1 aliphatic carbocycles. The van der Waals surface area contributed by atoms with Crippen LogP contribution < -0.4 is 5.32 Å². The van der Waals surface area contributed by atoms with Crippen molar-refractivity contribution in [2.45, 2.75) is 32.0 Å². The molecule has 0 spiro atoms. The third kappa shape index (κ3) is 2.92. The fourth-order valence-electron chi connectivity index (χ4n) is 2.28. The molecular weight excluding hydrogens is 273 g/mol. The van der Waals surface area contributed by atoms with Gasteiger partial charge in [0.15, 0.2) is 0 Å². The molecule has 0 saturated heterocycles. The molecule has 0 unspecified atom stereocenters. The zero-order valence-corrected chi connectivity index (χ0v) is 12.1. The maximum absolute atomic E-state index is 14.1. The molecule has 1 N–H and O–H groups in total. The van der Waals surface area contributed by atoms with Gasteiger partial charge in [-0.1, -0.05) is 12.1 Å². The van der Waals surface area contributed by atoms with E-state index in [4.69, 9.17) is 4.74 Å². The Balaban J connectivity index is 1.90. The van der Waals surface area contributed by atoms with E-state index in [1.165, 1.54) is 23.8 Å². The van der Waals surface area contributed by atoms with E-state index in [-0.39, 0.29) is 5.82 Å². The topological polar surface area (TPSA) is 21.3 Å². The molecular formula is C16H18FNOS. The lowest BCUT2D eigenvalue weighted by Gasteiger charge is -2.06. The summed E-state index contributed by atoms with van der Waals surface area (Å²) in [6.45, 7) is 5.37. The average Bonchev–Trinajstić information content (AvgIpc) is 3.20. The summed E-state index contributed by atoms with van der Waals surface area (Å²) < 4.78 is 20.6. The largest absolute Gasteiger partial charge is 0.373 e. The maximum atomic E-state index is 14.1. The van der Waals surface area contributed by atoms with E-state index in [9.17, 15) is 4.39 Å². The number of rotatable bonds is 7. The Kier molecular flexibility index (Phi) is 4.15. The van der Waals surface area contributed by atoms with Crippen LogP contribution in [-0.2, 0) is 17.9 Å². The van der Waals surface area contributed by atoms with E-state index in [1.54, 1.807) is 23.5 Å². The van der Waals surface area contributed by atoms with Gasteiger partial charge in [0.2, 0.25) is 0 Å². The molecule has 0 radical (unpaired) electrons. The van der Waals surface area contributed by atoms with Crippen LogP contribution in [-0.4, -0.2) is 12.6 Å². The van der Waals surface area contributed by atoms with Gasteiger partial charge in [-0.05, 0) is 25.0 Å². The quantitative estimate of drug-likeness (QED) is 0.615. The fraction of sp³-hybridized carbons (Fsp3) is 0.375. The number of hydrogen-bond acceptors (Lipinski definition) is 3. The van der Waals surface area contributed by atoms with Gasteiger partial charge in [-0.25, -0.2) is 4.39 Å². The molecule has 0 aliphatic heterocycles. The predicted molar refractivity (Wildman–Crippen MR) is 81.5 cm³/mol. The summed E-state index contributed by atoms with van der Waals surface area (Å²) in [6, 6.07) is 5.90. The van der Waals surface area contributed by atoms with Gasteiger partial charge < -0.3 is 10.1 Å². The van der Waals surface area contributed by atoms with Crippen LogP contribution in [0.25, 0.3) is 10.1 Å². The zero-order chi connectivity index (χ0) is 13.9. The van der Waals surface area contributed by atoms with Crippen molar-refractivity contribution in [1.82, 2.24) is 5.32 Å². The molecule has 2 aromatic rings. The van der Waals surface area contributed by atoms with Crippen molar-refractivity contribution in [1.29, 1.82) is 0 Å².